The molecule has 20 heavy (non-hydrogen) atoms. The molecular weight excluding hydrogens is 276 g/mol. The number of aromatic nitrogens is 1. The number of ether oxygens (including phenoxy) is 2. The standard InChI is InChI=1S/C14H16N2O3S/c1-18-11-4-3-10(7-12(11)19-2)8-13(17)16-9-14-15-5-6-20-14/h3-7H,8-9H2,1-2H3,(H,16,17). The molecule has 1 aromatic heterocycles. The zero-order valence-corrected chi connectivity index (χ0v) is 12.2. The van der Waals surface area contributed by atoms with E-state index in [9.17, 15) is 4.79 Å². The monoisotopic (exact) mass is 292 g/mol. The Balaban J connectivity index is 1.93. The van der Waals surface area contributed by atoms with Crippen LogP contribution in [0.2, 0.25) is 0 Å². The average Bonchev–Trinajstić information content (AvgIpc) is 2.98. The van der Waals surface area contributed by atoms with Gasteiger partial charge in [-0.25, -0.2) is 4.98 Å². The lowest BCUT2D eigenvalue weighted by molar-refractivity contribution is -0.120. The van der Waals surface area contributed by atoms with E-state index in [1.54, 1.807) is 26.5 Å². The van der Waals surface area contributed by atoms with Gasteiger partial charge in [-0.2, -0.15) is 0 Å². The first-order valence-corrected chi connectivity index (χ1v) is 6.97. The number of rotatable bonds is 6. The number of hydrogen-bond donors (Lipinski definition) is 1. The minimum atomic E-state index is -0.0487. The molecule has 1 heterocycles. The zero-order chi connectivity index (χ0) is 14.4. The molecule has 5 nitrogen and oxygen atoms in total. The molecule has 0 unspecified atom stereocenters. The van der Waals surface area contributed by atoms with Crippen LogP contribution in [0.1, 0.15) is 10.6 Å². The van der Waals surface area contributed by atoms with Gasteiger partial charge >= 0.3 is 0 Å². The third kappa shape index (κ3) is 3.71. The lowest BCUT2D eigenvalue weighted by Crippen LogP contribution is -2.24. The molecule has 6 heteroatoms. The van der Waals surface area contributed by atoms with Crippen LogP contribution < -0.4 is 14.8 Å². The fourth-order valence-electron chi connectivity index (χ4n) is 1.75. The molecule has 2 aromatic rings. The van der Waals surface area contributed by atoms with Crippen molar-refractivity contribution in [3.8, 4) is 11.5 Å². The lowest BCUT2D eigenvalue weighted by Gasteiger charge is -2.09. The Morgan fingerprint density at radius 2 is 2.10 bits per heavy atom. The van der Waals surface area contributed by atoms with Gasteiger partial charge in [-0.3, -0.25) is 4.79 Å². The number of nitrogens with one attached hydrogen (secondary N) is 1. The minimum absolute atomic E-state index is 0.0487. The Morgan fingerprint density at radius 1 is 1.30 bits per heavy atom. The summed E-state index contributed by atoms with van der Waals surface area (Å²) < 4.78 is 10.4. The number of carbonyl (C=O) groups is 1. The van der Waals surface area contributed by atoms with E-state index in [4.69, 9.17) is 9.47 Å². The van der Waals surface area contributed by atoms with E-state index in [2.05, 4.69) is 10.3 Å². The number of nitrogens with zero attached hydrogens (tertiary/aromatic N) is 1. The summed E-state index contributed by atoms with van der Waals surface area (Å²) in [6, 6.07) is 5.45. The van der Waals surface area contributed by atoms with Crippen molar-refractivity contribution in [1.29, 1.82) is 0 Å². The second-order valence-corrected chi connectivity index (χ2v) is 5.05. The van der Waals surface area contributed by atoms with Gasteiger partial charge in [-0.1, -0.05) is 6.07 Å². The summed E-state index contributed by atoms with van der Waals surface area (Å²) in [5.74, 6) is 1.23. The van der Waals surface area contributed by atoms with Crippen LogP contribution in [-0.2, 0) is 17.8 Å². The third-order valence-electron chi connectivity index (χ3n) is 2.73. The quantitative estimate of drug-likeness (QED) is 0.885. The number of amides is 1. The Bertz CT molecular complexity index is 570. The molecule has 0 bridgehead atoms. The van der Waals surface area contributed by atoms with Gasteiger partial charge in [0, 0.05) is 11.6 Å². The van der Waals surface area contributed by atoms with Gasteiger partial charge in [-0.05, 0) is 17.7 Å². The third-order valence-corrected chi connectivity index (χ3v) is 3.51. The molecule has 1 aromatic carbocycles. The normalized spacial score (nSPS) is 10.1. The van der Waals surface area contributed by atoms with Gasteiger partial charge in [0.2, 0.25) is 5.91 Å². The van der Waals surface area contributed by atoms with Crippen LogP contribution in [-0.4, -0.2) is 25.1 Å². The second kappa shape index (κ2) is 6.91. The van der Waals surface area contributed by atoms with Crippen LogP contribution in [0.25, 0.3) is 0 Å². The number of benzene rings is 1. The molecule has 106 valence electrons. The van der Waals surface area contributed by atoms with Gasteiger partial charge in [-0.15, -0.1) is 11.3 Å². The van der Waals surface area contributed by atoms with Crippen LogP contribution in [0, 0.1) is 0 Å². The van der Waals surface area contributed by atoms with E-state index in [-0.39, 0.29) is 5.91 Å². The highest BCUT2D eigenvalue weighted by molar-refractivity contribution is 7.09. The molecule has 0 fully saturated rings. The van der Waals surface area contributed by atoms with Crippen molar-refractivity contribution in [3.63, 3.8) is 0 Å². The van der Waals surface area contributed by atoms with Crippen molar-refractivity contribution in [2.24, 2.45) is 0 Å². The summed E-state index contributed by atoms with van der Waals surface area (Å²) in [6.45, 7) is 0.462. The summed E-state index contributed by atoms with van der Waals surface area (Å²) in [6.07, 6.45) is 2.02. The maximum Gasteiger partial charge on any atom is 0.224 e. The first kappa shape index (κ1) is 14.3. The summed E-state index contributed by atoms with van der Waals surface area (Å²) in [7, 11) is 3.16. The molecule has 0 spiro atoms. The lowest BCUT2D eigenvalue weighted by atomic mass is 10.1. The SMILES string of the molecule is COc1ccc(CC(=O)NCc2nccs2)cc1OC. The average molecular weight is 292 g/mol. The van der Waals surface area contributed by atoms with E-state index in [1.165, 1.54) is 11.3 Å². The topological polar surface area (TPSA) is 60.5 Å². The van der Waals surface area contributed by atoms with Gasteiger partial charge in [0.1, 0.15) is 5.01 Å². The van der Waals surface area contributed by atoms with Crippen molar-refractivity contribution < 1.29 is 14.3 Å². The van der Waals surface area contributed by atoms with Gasteiger partial charge < -0.3 is 14.8 Å². The Kier molecular flexibility index (Phi) is 4.95. The molecule has 0 aliphatic carbocycles. The van der Waals surface area contributed by atoms with Gasteiger partial charge in [0.05, 0.1) is 27.2 Å². The molecule has 0 radical (unpaired) electrons. The maximum absolute atomic E-state index is 11.9. The van der Waals surface area contributed by atoms with Crippen LogP contribution in [0.15, 0.2) is 29.8 Å². The van der Waals surface area contributed by atoms with Crippen molar-refractivity contribution in [3.05, 3.63) is 40.3 Å². The van der Waals surface area contributed by atoms with E-state index in [0.717, 1.165) is 10.6 Å². The summed E-state index contributed by atoms with van der Waals surface area (Å²) in [5.41, 5.74) is 0.874. The first-order chi connectivity index (χ1) is 9.72. The van der Waals surface area contributed by atoms with Crippen LogP contribution >= 0.6 is 11.3 Å². The predicted molar refractivity (Wildman–Crippen MR) is 77.2 cm³/mol. The van der Waals surface area contributed by atoms with E-state index in [0.29, 0.717) is 24.5 Å². The second-order valence-electron chi connectivity index (χ2n) is 4.07. The smallest absolute Gasteiger partial charge is 0.224 e. The fraction of sp³-hybridized carbons (Fsp3) is 0.286. The Morgan fingerprint density at radius 3 is 2.75 bits per heavy atom. The van der Waals surface area contributed by atoms with Crippen LogP contribution in [0.5, 0.6) is 11.5 Å². The summed E-state index contributed by atoms with van der Waals surface area (Å²) >= 11 is 1.52. The highest BCUT2D eigenvalue weighted by atomic mass is 32.1. The minimum Gasteiger partial charge on any atom is -0.493 e. The molecular formula is C14H16N2O3S. The molecule has 1 amide bonds. The summed E-state index contributed by atoms with van der Waals surface area (Å²) in [4.78, 5) is 16.0. The number of hydrogen-bond acceptors (Lipinski definition) is 5. The molecule has 0 aliphatic rings. The highest BCUT2D eigenvalue weighted by Gasteiger charge is 2.08. The molecule has 0 atom stereocenters. The van der Waals surface area contributed by atoms with Gasteiger partial charge in [0.25, 0.3) is 0 Å². The molecule has 2 rings (SSSR count). The number of methoxy groups -OCH3 is 2. The fourth-order valence-corrected chi connectivity index (χ4v) is 2.31. The molecule has 0 aliphatic heterocycles. The Hall–Kier alpha value is -2.08. The predicted octanol–water partition coefficient (Wildman–Crippen LogP) is 2.02. The number of thiazole rings is 1. The largest absolute Gasteiger partial charge is 0.493 e. The van der Waals surface area contributed by atoms with E-state index in [1.807, 2.05) is 17.5 Å². The summed E-state index contributed by atoms with van der Waals surface area (Å²) in [5, 5.41) is 5.62. The first-order valence-electron chi connectivity index (χ1n) is 6.09. The van der Waals surface area contributed by atoms with Crippen molar-refractivity contribution in [2.75, 3.05) is 14.2 Å². The number of carbonyl (C=O) groups excluding carboxylic acids is 1. The van der Waals surface area contributed by atoms with Crippen LogP contribution in [0.4, 0.5) is 0 Å². The van der Waals surface area contributed by atoms with E-state index >= 15 is 0 Å². The van der Waals surface area contributed by atoms with Gasteiger partial charge in [0.15, 0.2) is 11.5 Å². The van der Waals surface area contributed by atoms with Crippen molar-refractivity contribution in [2.45, 2.75) is 13.0 Å². The highest BCUT2D eigenvalue weighted by Crippen LogP contribution is 2.27. The van der Waals surface area contributed by atoms with Crippen molar-refractivity contribution in [1.82, 2.24) is 10.3 Å². The molecule has 0 saturated heterocycles. The zero-order valence-electron chi connectivity index (χ0n) is 11.4. The maximum atomic E-state index is 11.9. The molecule has 1 N–H and O–H groups in total. The van der Waals surface area contributed by atoms with Crippen LogP contribution in [0.3, 0.4) is 0 Å². The van der Waals surface area contributed by atoms with E-state index < -0.39 is 0 Å². The molecule has 0 saturated carbocycles. The van der Waals surface area contributed by atoms with Crippen molar-refractivity contribution >= 4 is 17.2 Å². The Labute approximate surface area is 121 Å².